The predicted octanol–water partition coefficient (Wildman–Crippen LogP) is 3.71. The van der Waals surface area contributed by atoms with Crippen LogP contribution in [0.15, 0.2) is 30.5 Å². The van der Waals surface area contributed by atoms with Gasteiger partial charge in [-0.2, -0.15) is 18.4 Å². The van der Waals surface area contributed by atoms with Gasteiger partial charge < -0.3 is 4.98 Å². The normalized spacial score (nSPS) is 11.3. The van der Waals surface area contributed by atoms with Crippen LogP contribution in [0, 0.1) is 17.1 Å². The number of nitrogens with zero attached hydrogens (tertiary/aromatic N) is 1. The summed E-state index contributed by atoms with van der Waals surface area (Å²) in [4.78, 5) is 2.04. The fourth-order valence-corrected chi connectivity index (χ4v) is 1.65. The summed E-state index contributed by atoms with van der Waals surface area (Å²) in [6, 6.07) is 6.17. The van der Waals surface area contributed by atoms with Crippen molar-refractivity contribution in [2.24, 2.45) is 0 Å². The molecule has 1 N–H and O–H groups in total. The highest BCUT2D eigenvalue weighted by atomic mass is 19.4. The minimum absolute atomic E-state index is 0.131. The van der Waals surface area contributed by atoms with Gasteiger partial charge in [0.15, 0.2) is 0 Å². The zero-order chi connectivity index (χ0) is 13.3. The highest BCUT2D eigenvalue weighted by molar-refractivity contribution is 5.73. The van der Waals surface area contributed by atoms with Crippen LogP contribution in [0.25, 0.3) is 11.1 Å². The van der Waals surface area contributed by atoms with Gasteiger partial charge in [0.1, 0.15) is 17.6 Å². The quantitative estimate of drug-likeness (QED) is 0.774. The minimum atomic E-state index is -4.60. The fraction of sp³-hybridized carbons (Fsp3) is 0.0833. The highest BCUT2D eigenvalue weighted by Gasteiger charge is 2.36. The lowest BCUT2D eigenvalue weighted by Crippen LogP contribution is -2.07. The molecule has 0 fully saturated rings. The summed E-state index contributed by atoms with van der Waals surface area (Å²) in [5, 5.41) is 8.80. The lowest BCUT2D eigenvalue weighted by molar-refractivity contribution is -0.140. The highest BCUT2D eigenvalue weighted by Crippen LogP contribution is 2.38. The maximum atomic E-state index is 12.8. The standard InChI is InChI=1S/C12H6F4N2/c13-9-3-1-7(2-4-9)10-8(5-17)6-18-11(10)12(14,15)16/h1-4,6,18H. The molecule has 2 aromatic rings. The first-order valence-corrected chi connectivity index (χ1v) is 4.88. The average Bonchev–Trinajstić information content (AvgIpc) is 2.73. The van der Waals surface area contributed by atoms with Gasteiger partial charge in [0.2, 0.25) is 0 Å². The van der Waals surface area contributed by atoms with Crippen LogP contribution in [0.1, 0.15) is 11.3 Å². The van der Waals surface area contributed by atoms with Crippen molar-refractivity contribution < 1.29 is 17.6 Å². The van der Waals surface area contributed by atoms with Gasteiger partial charge in [-0.1, -0.05) is 12.1 Å². The van der Waals surface area contributed by atoms with E-state index in [1.807, 2.05) is 4.98 Å². The van der Waals surface area contributed by atoms with Crippen LogP contribution in [-0.2, 0) is 6.18 Å². The number of aromatic nitrogens is 1. The summed E-state index contributed by atoms with van der Waals surface area (Å²) in [6.07, 6.45) is -3.61. The number of nitrogens with one attached hydrogen (secondary N) is 1. The molecular weight excluding hydrogens is 248 g/mol. The van der Waals surface area contributed by atoms with Crippen molar-refractivity contribution in [1.82, 2.24) is 4.98 Å². The number of H-pyrrole nitrogens is 1. The summed E-state index contributed by atoms with van der Waals surface area (Å²) in [7, 11) is 0. The van der Waals surface area contributed by atoms with Crippen molar-refractivity contribution in [1.29, 1.82) is 5.26 Å². The van der Waals surface area contributed by atoms with Crippen molar-refractivity contribution in [3.05, 3.63) is 47.5 Å². The van der Waals surface area contributed by atoms with Gasteiger partial charge in [-0.15, -0.1) is 0 Å². The third kappa shape index (κ3) is 2.07. The topological polar surface area (TPSA) is 39.6 Å². The van der Waals surface area contributed by atoms with Gasteiger partial charge in [0, 0.05) is 11.8 Å². The molecule has 0 saturated heterocycles. The third-order valence-electron chi connectivity index (χ3n) is 2.42. The molecule has 0 aliphatic heterocycles. The Hall–Kier alpha value is -2.29. The van der Waals surface area contributed by atoms with E-state index in [4.69, 9.17) is 5.26 Å². The van der Waals surface area contributed by atoms with E-state index in [0.717, 1.165) is 18.3 Å². The fourth-order valence-electron chi connectivity index (χ4n) is 1.65. The second kappa shape index (κ2) is 4.18. The first-order chi connectivity index (χ1) is 8.43. The lowest BCUT2D eigenvalue weighted by atomic mass is 10.0. The van der Waals surface area contributed by atoms with Crippen molar-refractivity contribution in [3.8, 4) is 17.2 Å². The Labute approximate surface area is 99.5 Å². The Morgan fingerprint density at radius 1 is 1.11 bits per heavy atom. The van der Waals surface area contributed by atoms with E-state index in [9.17, 15) is 17.6 Å². The lowest BCUT2D eigenvalue weighted by Gasteiger charge is -2.08. The van der Waals surface area contributed by atoms with Gasteiger partial charge in [0.25, 0.3) is 0 Å². The van der Waals surface area contributed by atoms with Gasteiger partial charge >= 0.3 is 6.18 Å². The Bertz CT molecular complexity index is 602. The SMILES string of the molecule is N#Cc1c[nH]c(C(F)(F)F)c1-c1ccc(F)cc1. The molecule has 2 rings (SSSR count). The summed E-state index contributed by atoms with van der Waals surface area (Å²) < 4.78 is 51.0. The number of hydrogen-bond acceptors (Lipinski definition) is 1. The predicted molar refractivity (Wildman–Crippen MR) is 55.9 cm³/mol. The third-order valence-corrected chi connectivity index (χ3v) is 2.42. The second-order valence-electron chi connectivity index (χ2n) is 3.57. The van der Waals surface area contributed by atoms with Crippen LogP contribution in [0.5, 0.6) is 0 Å². The summed E-state index contributed by atoms with van der Waals surface area (Å²) >= 11 is 0. The van der Waals surface area contributed by atoms with E-state index in [-0.39, 0.29) is 16.7 Å². The molecule has 92 valence electrons. The van der Waals surface area contributed by atoms with Crippen LogP contribution in [-0.4, -0.2) is 4.98 Å². The van der Waals surface area contributed by atoms with E-state index in [0.29, 0.717) is 0 Å². The van der Waals surface area contributed by atoms with Gasteiger partial charge in [-0.3, -0.25) is 0 Å². The maximum Gasteiger partial charge on any atom is 0.431 e. The maximum absolute atomic E-state index is 12.8. The molecule has 0 saturated carbocycles. The molecule has 0 amide bonds. The number of hydrogen-bond donors (Lipinski definition) is 1. The van der Waals surface area contributed by atoms with Gasteiger partial charge in [-0.25, -0.2) is 4.39 Å². The van der Waals surface area contributed by atoms with Gasteiger partial charge in [0.05, 0.1) is 5.56 Å². The number of halogens is 4. The number of benzene rings is 1. The molecular formula is C12H6F4N2. The molecule has 1 aromatic heterocycles. The molecule has 18 heavy (non-hydrogen) atoms. The average molecular weight is 254 g/mol. The van der Waals surface area contributed by atoms with Crippen molar-refractivity contribution in [3.63, 3.8) is 0 Å². The van der Waals surface area contributed by atoms with Crippen LogP contribution in [0.3, 0.4) is 0 Å². The molecule has 2 nitrogen and oxygen atoms in total. The van der Waals surface area contributed by atoms with Crippen LogP contribution in [0.2, 0.25) is 0 Å². The molecule has 0 aliphatic carbocycles. The molecule has 0 bridgehead atoms. The Morgan fingerprint density at radius 3 is 2.22 bits per heavy atom. The molecule has 0 unspecified atom stereocenters. The Kier molecular flexibility index (Phi) is 2.83. The Balaban J connectivity index is 2.65. The molecule has 0 radical (unpaired) electrons. The molecule has 0 spiro atoms. The van der Waals surface area contributed by atoms with Crippen LogP contribution in [0.4, 0.5) is 17.6 Å². The molecule has 0 atom stereocenters. The molecule has 1 heterocycles. The summed E-state index contributed by atoms with van der Waals surface area (Å²) in [6.45, 7) is 0. The van der Waals surface area contributed by atoms with E-state index >= 15 is 0 Å². The first kappa shape index (κ1) is 12.2. The van der Waals surface area contributed by atoms with Crippen molar-refractivity contribution in [2.75, 3.05) is 0 Å². The van der Waals surface area contributed by atoms with E-state index in [1.54, 1.807) is 6.07 Å². The van der Waals surface area contributed by atoms with Crippen molar-refractivity contribution >= 4 is 0 Å². The molecule has 1 aromatic carbocycles. The van der Waals surface area contributed by atoms with E-state index in [1.165, 1.54) is 12.1 Å². The Morgan fingerprint density at radius 2 is 1.72 bits per heavy atom. The number of aromatic amines is 1. The van der Waals surface area contributed by atoms with Crippen LogP contribution < -0.4 is 0 Å². The monoisotopic (exact) mass is 254 g/mol. The zero-order valence-corrected chi connectivity index (χ0v) is 8.85. The molecule has 6 heteroatoms. The number of alkyl halides is 3. The second-order valence-corrected chi connectivity index (χ2v) is 3.57. The zero-order valence-electron chi connectivity index (χ0n) is 8.85. The summed E-state index contributed by atoms with van der Waals surface area (Å²) in [5.74, 6) is -0.554. The van der Waals surface area contributed by atoms with Crippen molar-refractivity contribution in [2.45, 2.75) is 6.18 Å². The van der Waals surface area contributed by atoms with E-state index < -0.39 is 17.7 Å². The first-order valence-electron chi connectivity index (χ1n) is 4.88. The van der Waals surface area contributed by atoms with E-state index in [2.05, 4.69) is 0 Å². The number of rotatable bonds is 1. The molecule has 0 aliphatic rings. The minimum Gasteiger partial charge on any atom is -0.356 e. The van der Waals surface area contributed by atoms with Crippen LogP contribution >= 0.6 is 0 Å². The number of nitriles is 1. The smallest absolute Gasteiger partial charge is 0.356 e. The van der Waals surface area contributed by atoms with Gasteiger partial charge in [-0.05, 0) is 17.7 Å². The largest absolute Gasteiger partial charge is 0.431 e. The summed E-state index contributed by atoms with van der Waals surface area (Å²) in [5.41, 5.74) is -1.26.